The maximum Gasteiger partial charge on any atom is 0.511 e. The molecular formula is C38H47N9O8. The second kappa shape index (κ2) is 18.2. The van der Waals surface area contributed by atoms with E-state index < -0.39 is 24.0 Å². The third kappa shape index (κ3) is 10.5. The maximum absolute atomic E-state index is 13.5. The Morgan fingerprint density at radius 2 is 1.75 bits per heavy atom. The standard InChI is InChI=1S/C38H47N9O8/c1-8-51-36-39-32-18-13-17-31(33(32)46(36)24-27-19-21-28(22-20-27)29-15-9-10-16-30(29)34-40-42-43-41-34)35(48)53-26(3)54-37(49)52-23-12-11-14-25(2)55-44-47(50)45(7)38(4,5)6/h9-10,13,15-22,25-26H,8,11-12,14,23-24H2,1-7H3,(H,40,41,42,43)/b47-44-. The van der Waals surface area contributed by atoms with Gasteiger partial charge >= 0.3 is 12.1 Å². The number of hydrazine groups is 1. The molecule has 292 valence electrons. The predicted molar refractivity (Wildman–Crippen MR) is 200 cm³/mol. The summed E-state index contributed by atoms with van der Waals surface area (Å²) >= 11 is 0. The maximum atomic E-state index is 13.5. The number of nitrogens with one attached hydrogen (secondary N) is 1. The number of rotatable bonds is 17. The molecule has 2 heterocycles. The van der Waals surface area contributed by atoms with Crippen molar-refractivity contribution < 1.29 is 38.3 Å². The molecule has 0 radical (unpaired) electrons. The van der Waals surface area contributed by atoms with Crippen molar-refractivity contribution in [1.82, 2.24) is 35.2 Å². The Morgan fingerprint density at radius 3 is 2.44 bits per heavy atom. The zero-order valence-electron chi connectivity index (χ0n) is 32.1. The number of unbranched alkanes of at least 4 members (excludes halogenated alkanes) is 1. The lowest BCUT2D eigenvalue weighted by molar-refractivity contribution is -0.720. The number of carbonyl (C=O) groups is 2. The van der Waals surface area contributed by atoms with Crippen LogP contribution in [0.15, 0.2) is 72.0 Å². The normalized spacial score (nSPS) is 12.9. The number of para-hydroxylation sites is 1. The Kier molecular flexibility index (Phi) is 13.2. The van der Waals surface area contributed by atoms with Crippen LogP contribution in [0.5, 0.6) is 6.01 Å². The molecule has 0 saturated carbocycles. The van der Waals surface area contributed by atoms with Crippen molar-refractivity contribution in [2.24, 2.45) is 5.28 Å². The molecule has 0 aliphatic rings. The van der Waals surface area contributed by atoms with Crippen LogP contribution in [0.1, 0.15) is 76.7 Å². The monoisotopic (exact) mass is 757 g/mol. The van der Waals surface area contributed by atoms with Gasteiger partial charge < -0.3 is 29.0 Å². The first-order valence-corrected chi connectivity index (χ1v) is 18.0. The molecule has 1 N–H and O–H groups in total. The van der Waals surface area contributed by atoms with E-state index in [1.807, 2.05) is 80.8 Å². The number of ether oxygens (including phenoxy) is 4. The Morgan fingerprint density at radius 1 is 1.00 bits per heavy atom. The highest BCUT2D eigenvalue weighted by molar-refractivity contribution is 6.02. The molecule has 2 atom stereocenters. The molecule has 17 heteroatoms. The first-order chi connectivity index (χ1) is 26.3. The van der Waals surface area contributed by atoms with E-state index in [1.165, 1.54) is 11.9 Å². The van der Waals surface area contributed by atoms with E-state index in [0.29, 0.717) is 60.3 Å². The van der Waals surface area contributed by atoms with Crippen LogP contribution in [0.4, 0.5) is 4.79 Å². The molecule has 0 saturated heterocycles. The van der Waals surface area contributed by atoms with E-state index in [2.05, 4.69) is 30.9 Å². The molecule has 55 heavy (non-hydrogen) atoms. The van der Waals surface area contributed by atoms with Gasteiger partial charge in [0.05, 0.1) is 53.9 Å². The summed E-state index contributed by atoms with van der Waals surface area (Å²) in [6.45, 7) is 11.5. The summed E-state index contributed by atoms with van der Waals surface area (Å²) in [5, 5.41) is 31.5. The van der Waals surface area contributed by atoms with E-state index >= 15 is 0 Å². The van der Waals surface area contributed by atoms with Gasteiger partial charge in [-0.05, 0) is 87.9 Å². The van der Waals surface area contributed by atoms with Crippen molar-refractivity contribution in [1.29, 1.82) is 0 Å². The predicted octanol–water partition coefficient (Wildman–Crippen LogP) is 7.08. The third-order valence-corrected chi connectivity index (χ3v) is 8.63. The summed E-state index contributed by atoms with van der Waals surface area (Å²) in [4.78, 5) is 36.2. The van der Waals surface area contributed by atoms with Crippen LogP contribution in [0.3, 0.4) is 0 Å². The molecule has 17 nitrogen and oxygen atoms in total. The lowest BCUT2D eigenvalue weighted by atomic mass is 9.98. The van der Waals surface area contributed by atoms with Crippen LogP contribution < -0.4 is 4.74 Å². The average Bonchev–Trinajstić information content (AvgIpc) is 3.82. The van der Waals surface area contributed by atoms with Gasteiger partial charge in [0.2, 0.25) is 17.4 Å². The number of benzene rings is 3. The summed E-state index contributed by atoms with van der Waals surface area (Å²) in [6, 6.07) is 21.2. The van der Waals surface area contributed by atoms with Gasteiger partial charge in [0.15, 0.2) is 0 Å². The van der Waals surface area contributed by atoms with Crippen LogP contribution in [-0.2, 0) is 25.6 Å². The average molecular weight is 758 g/mol. The number of tetrazole rings is 1. The van der Waals surface area contributed by atoms with Crippen molar-refractivity contribution >= 4 is 23.2 Å². The summed E-state index contributed by atoms with van der Waals surface area (Å²) in [7, 11) is 1.63. The number of carbonyl (C=O) groups excluding carboxylic acids is 2. The smallest absolute Gasteiger partial charge is 0.511 e. The molecule has 0 aliphatic carbocycles. The molecule has 3 aromatic carbocycles. The van der Waals surface area contributed by atoms with Gasteiger partial charge in [0.25, 0.3) is 6.01 Å². The SMILES string of the molecule is CCOc1nc2cccc(C(=O)OC(C)OC(=O)OCCCCC(C)O/N=[N+](\[O-])N(C)C(C)(C)C)c2n1Cc1ccc(-c2ccccc2-c2nn[nH]n2)cc1. The number of H-pyrrole nitrogens is 1. The van der Waals surface area contributed by atoms with E-state index in [1.54, 1.807) is 32.2 Å². The Hall–Kier alpha value is -6.26. The highest BCUT2D eigenvalue weighted by Gasteiger charge is 2.25. The van der Waals surface area contributed by atoms with E-state index in [0.717, 1.165) is 22.3 Å². The highest BCUT2D eigenvalue weighted by atomic mass is 16.8. The summed E-state index contributed by atoms with van der Waals surface area (Å²) in [6.07, 6.45) is -0.791. The summed E-state index contributed by atoms with van der Waals surface area (Å²) < 4.78 is 23.6. The van der Waals surface area contributed by atoms with E-state index in [9.17, 15) is 14.8 Å². The molecule has 2 unspecified atom stereocenters. The van der Waals surface area contributed by atoms with Gasteiger partial charge in [0.1, 0.15) is 6.10 Å². The van der Waals surface area contributed by atoms with Crippen molar-refractivity contribution in [2.45, 2.75) is 85.3 Å². The third-order valence-electron chi connectivity index (χ3n) is 8.63. The van der Waals surface area contributed by atoms with Crippen molar-refractivity contribution in [3.63, 3.8) is 0 Å². The molecule has 0 fully saturated rings. The van der Waals surface area contributed by atoms with Crippen molar-refractivity contribution in [3.05, 3.63) is 83.1 Å². The minimum absolute atomic E-state index is 0.0782. The Bertz CT molecular complexity index is 2060. The first-order valence-electron chi connectivity index (χ1n) is 18.0. The minimum atomic E-state index is -1.24. The lowest BCUT2D eigenvalue weighted by Gasteiger charge is -2.26. The second-order valence-electron chi connectivity index (χ2n) is 13.7. The molecule has 5 rings (SSSR count). The molecule has 0 spiro atoms. The number of hydrogen-bond acceptors (Lipinski definition) is 13. The van der Waals surface area contributed by atoms with Crippen LogP contribution in [0, 0.1) is 5.21 Å². The van der Waals surface area contributed by atoms with Gasteiger partial charge in [-0.15, -0.1) is 15.2 Å². The number of esters is 1. The number of hydrogen-bond donors (Lipinski definition) is 1. The summed E-state index contributed by atoms with van der Waals surface area (Å²) in [5.74, 6) is -0.217. The molecule has 0 amide bonds. The van der Waals surface area contributed by atoms with Crippen LogP contribution in [0.25, 0.3) is 33.5 Å². The molecular weight excluding hydrogens is 710 g/mol. The van der Waals surface area contributed by atoms with E-state index in [-0.39, 0.29) is 18.3 Å². The van der Waals surface area contributed by atoms with Gasteiger partial charge in [0, 0.05) is 12.5 Å². The number of aromatic nitrogens is 6. The van der Waals surface area contributed by atoms with Crippen LogP contribution >= 0.6 is 0 Å². The fourth-order valence-corrected chi connectivity index (χ4v) is 5.48. The van der Waals surface area contributed by atoms with Crippen LogP contribution in [0.2, 0.25) is 0 Å². The lowest BCUT2D eigenvalue weighted by Crippen LogP contribution is -2.42. The Balaban J connectivity index is 1.17. The van der Waals surface area contributed by atoms with Gasteiger partial charge in [-0.2, -0.15) is 10.2 Å². The zero-order valence-corrected chi connectivity index (χ0v) is 32.1. The molecule has 2 aromatic heterocycles. The minimum Gasteiger partial charge on any atom is -0.569 e. The largest absolute Gasteiger partial charge is 0.569 e. The van der Waals surface area contributed by atoms with Gasteiger partial charge in [-0.25, -0.2) is 9.59 Å². The molecule has 5 aromatic rings. The van der Waals surface area contributed by atoms with E-state index in [4.69, 9.17) is 23.8 Å². The van der Waals surface area contributed by atoms with Gasteiger partial charge in [-0.3, -0.25) is 4.57 Å². The quantitative estimate of drug-likeness (QED) is 0.0253. The number of nitrogens with zero attached hydrogens (tertiary/aromatic N) is 8. The first kappa shape index (κ1) is 39.9. The second-order valence-corrected chi connectivity index (χ2v) is 13.7. The number of imidazole rings is 1. The fourth-order valence-electron chi connectivity index (χ4n) is 5.48. The number of fused-ring (bicyclic) bond motifs is 1. The topological polar surface area (TPSA) is 194 Å². The molecule has 0 bridgehead atoms. The van der Waals surface area contributed by atoms with Crippen LogP contribution in [-0.4, -0.2) is 90.5 Å². The molecule has 0 aliphatic heterocycles. The van der Waals surface area contributed by atoms with Crippen molar-refractivity contribution in [3.8, 4) is 28.5 Å². The van der Waals surface area contributed by atoms with Crippen molar-refractivity contribution in [2.75, 3.05) is 20.3 Å². The fraction of sp³-hybridized carbons (Fsp3) is 0.421. The Labute approximate surface area is 318 Å². The zero-order chi connectivity index (χ0) is 39.5. The number of aromatic amines is 1. The highest BCUT2D eigenvalue weighted by Crippen LogP contribution is 2.31. The van der Waals surface area contributed by atoms with Gasteiger partial charge in [-0.1, -0.05) is 54.6 Å². The summed E-state index contributed by atoms with van der Waals surface area (Å²) in [5.41, 5.74) is 4.54.